The fourth-order valence-corrected chi connectivity index (χ4v) is 3.37. The number of hydrogen-bond donors (Lipinski definition) is 1. The van der Waals surface area contributed by atoms with E-state index in [4.69, 9.17) is 5.11 Å². The van der Waals surface area contributed by atoms with Gasteiger partial charge in [-0.2, -0.15) is 0 Å². The maximum absolute atomic E-state index is 13.9. The minimum atomic E-state index is -1.68. The van der Waals surface area contributed by atoms with Crippen molar-refractivity contribution in [1.82, 2.24) is 0 Å². The van der Waals surface area contributed by atoms with Gasteiger partial charge in [0.05, 0.1) is 0 Å². The molecule has 0 bridgehead atoms. The Bertz CT molecular complexity index is 263. The highest BCUT2D eigenvalue weighted by atomic mass is 19.1. The third kappa shape index (κ3) is 13.8. The summed E-state index contributed by atoms with van der Waals surface area (Å²) in [6, 6.07) is 0. The zero-order valence-electron chi connectivity index (χ0n) is 16.2. The Kier molecular flexibility index (Phi) is 16.8. The lowest BCUT2D eigenvalue weighted by molar-refractivity contribution is -0.145. The molecule has 0 aliphatic rings. The molecule has 0 aliphatic heterocycles. The number of aliphatic carboxylic acids is 1. The fourth-order valence-electron chi connectivity index (χ4n) is 3.37. The molecular weight excluding hydrogens is 303 g/mol. The summed E-state index contributed by atoms with van der Waals surface area (Å²) >= 11 is 0. The van der Waals surface area contributed by atoms with E-state index in [1.54, 1.807) is 0 Å². The summed E-state index contributed by atoms with van der Waals surface area (Å²) in [5.74, 6) is -1.56. The van der Waals surface area contributed by atoms with E-state index in [-0.39, 0.29) is 5.92 Å². The number of carboxylic acid groups (broad SMARTS) is 1. The molecule has 1 atom stereocenters. The number of hydrogen-bond acceptors (Lipinski definition) is 1. The van der Waals surface area contributed by atoms with E-state index in [9.17, 15) is 9.18 Å². The highest BCUT2D eigenvalue weighted by Gasteiger charge is 2.26. The summed E-state index contributed by atoms with van der Waals surface area (Å²) in [5.41, 5.74) is 0. The van der Waals surface area contributed by atoms with Gasteiger partial charge in [0, 0.05) is 5.92 Å². The first kappa shape index (κ1) is 23.4. The van der Waals surface area contributed by atoms with Crippen LogP contribution in [0.3, 0.4) is 0 Å². The van der Waals surface area contributed by atoms with Gasteiger partial charge in [0.2, 0.25) is 0 Å². The van der Waals surface area contributed by atoms with Crippen LogP contribution in [0.4, 0.5) is 4.39 Å². The van der Waals surface area contributed by atoms with Crippen molar-refractivity contribution in [3.8, 4) is 0 Å². The maximum atomic E-state index is 13.9. The zero-order chi connectivity index (χ0) is 18.0. The minimum Gasteiger partial charge on any atom is -0.479 e. The summed E-state index contributed by atoms with van der Waals surface area (Å²) in [5, 5.41) is 8.98. The van der Waals surface area contributed by atoms with E-state index in [1.165, 1.54) is 64.2 Å². The van der Waals surface area contributed by atoms with E-state index >= 15 is 0 Å². The molecule has 0 aromatic heterocycles. The molecule has 2 nitrogen and oxygen atoms in total. The van der Waals surface area contributed by atoms with Crippen molar-refractivity contribution in [3.63, 3.8) is 0 Å². The standard InChI is InChI=1S/C21H41FO2/c1-3-5-7-9-11-13-15-17-19(20(22)21(23)24)18-16-14-12-10-8-6-4-2/h19-20H,3-18H2,1-2H3,(H,23,24)/t20-/m1/s1. The summed E-state index contributed by atoms with van der Waals surface area (Å²) in [4.78, 5) is 11.0. The van der Waals surface area contributed by atoms with Crippen LogP contribution >= 0.6 is 0 Å². The molecule has 0 aliphatic carbocycles. The summed E-state index contributed by atoms with van der Waals surface area (Å²) < 4.78 is 13.9. The number of alkyl halides is 1. The molecule has 0 unspecified atom stereocenters. The quantitative estimate of drug-likeness (QED) is 0.265. The molecule has 0 saturated heterocycles. The lowest BCUT2D eigenvalue weighted by Crippen LogP contribution is -2.25. The first-order valence-electron chi connectivity index (χ1n) is 10.5. The SMILES string of the molecule is CCCCCCCCCC(CCCCCCCCC)[C@@H](F)C(=O)O. The third-order valence-corrected chi connectivity index (χ3v) is 5.01. The molecule has 0 heterocycles. The van der Waals surface area contributed by atoms with Gasteiger partial charge in [-0.25, -0.2) is 9.18 Å². The van der Waals surface area contributed by atoms with Crippen molar-refractivity contribution in [1.29, 1.82) is 0 Å². The van der Waals surface area contributed by atoms with Crippen LogP contribution in [0.2, 0.25) is 0 Å². The van der Waals surface area contributed by atoms with Crippen LogP contribution in [0.25, 0.3) is 0 Å². The van der Waals surface area contributed by atoms with E-state index in [2.05, 4.69) is 13.8 Å². The van der Waals surface area contributed by atoms with Crippen molar-refractivity contribution >= 4 is 5.97 Å². The molecule has 0 radical (unpaired) electrons. The molecule has 0 saturated carbocycles. The number of rotatable bonds is 18. The highest BCUT2D eigenvalue weighted by molar-refractivity contribution is 5.72. The van der Waals surface area contributed by atoms with Crippen molar-refractivity contribution in [2.45, 2.75) is 123 Å². The predicted molar refractivity (Wildman–Crippen MR) is 101 cm³/mol. The van der Waals surface area contributed by atoms with Crippen LogP contribution in [0.1, 0.15) is 117 Å². The van der Waals surface area contributed by atoms with Crippen molar-refractivity contribution in [2.24, 2.45) is 5.92 Å². The first-order valence-corrected chi connectivity index (χ1v) is 10.5. The number of carboxylic acids is 1. The van der Waals surface area contributed by atoms with Gasteiger partial charge in [-0.05, 0) is 12.8 Å². The van der Waals surface area contributed by atoms with Gasteiger partial charge in [-0.15, -0.1) is 0 Å². The molecule has 0 rings (SSSR count). The smallest absolute Gasteiger partial charge is 0.338 e. The first-order chi connectivity index (χ1) is 11.6. The van der Waals surface area contributed by atoms with Gasteiger partial charge in [0.25, 0.3) is 0 Å². The van der Waals surface area contributed by atoms with Gasteiger partial charge in [0.15, 0.2) is 6.17 Å². The van der Waals surface area contributed by atoms with Crippen LogP contribution in [0.15, 0.2) is 0 Å². The third-order valence-electron chi connectivity index (χ3n) is 5.01. The van der Waals surface area contributed by atoms with E-state index in [0.29, 0.717) is 0 Å². The van der Waals surface area contributed by atoms with Crippen LogP contribution < -0.4 is 0 Å². The summed E-state index contributed by atoms with van der Waals surface area (Å²) in [6.45, 7) is 4.42. The lowest BCUT2D eigenvalue weighted by atomic mass is 9.90. The Hall–Kier alpha value is -0.600. The van der Waals surface area contributed by atoms with Gasteiger partial charge in [-0.3, -0.25) is 0 Å². The summed E-state index contributed by atoms with van der Waals surface area (Å²) in [7, 11) is 0. The van der Waals surface area contributed by atoms with Crippen molar-refractivity contribution < 1.29 is 14.3 Å². The van der Waals surface area contributed by atoms with E-state index < -0.39 is 12.1 Å². The Morgan fingerprint density at radius 1 is 0.708 bits per heavy atom. The fraction of sp³-hybridized carbons (Fsp3) is 0.952. The monoisotopic (exact) mass is 344 g/mol. The number of halogens is 1. The molecule has 1 N–H and O–H groups in total. The molecule has 3 heteroatoms. The average molecular weight is 345 g/mol. The predicted octanol–water partition coefficient (Wildman–Crippen LogP) is 7.31. The van der Waals surface area contributed by atoms with Crippen LogP contribution in [0.5, 0.6) is 0 Å². The second kappa shape index (κ2) is 17.2. The number of carbonyl (C=O) groups is 1. The van der Waals surface area contributed by atoms with Crippen LogP contribution in [0, 0.1) is 5.92 Å². The molecular formula is C21H41FO2. The van der Waals surface area contributed by atoms with Gasteiger partial charge in [0.1, 0.15) is 0 Å². The average Bonchev–Trinajstić information content (AvgIpc) is 2.57. The number of unbranched alkanes of at least 4 members (excludes halogenated alkanes) is 12. The molecule has 0 fully saturated rings. The van der Waals surface area contributed by atoms with Gasteiger partial charge < -0.3 is 5.11 Å². The Morgan fingerprint density at radius 3 is 1.38 bits per heavy atom. The summed E-state index contributed by atoms with van der Waals surface area (Å²) in [6.07, 6.45) is 16.6. The van der Waals surface area contributed by atoms with Crippen molar-refractivity contribution in [3.05, 3.63) is 0 Å². The highest BCUT2D eigenvalue weighted by Crippen LogP contribution is 2.24. The molecule has 24 heavy (non-hydrogen) atoms. The van der Waals surface area contributed by atoms with Crippen LogP contribution in [-0.2, 0) is 4.79 Å². The topological polar surface area (TPSA) is 37.3 Å². The Labute approximate surface area is 149 Å². The van der Waals surface area contributed by atoms with E-state index in [1.807, 2.05) is 0 Å². The molecule has 0 aromatic rings. The van der Waals surface area contributed by atoms with Gasteiger partial charge >= 0.3 is 5.97 Å². The van der Waals surface area contributed by atoms with Crippen molar-refractivity contribution in [2.75, 3.05) is 0 Å². The Morgan fingerprint density at radius 2 is 1.04 bits per heavy atom. The van der Waals surface area contributed by atoms with E-state index in [0.717, 1.165) is 38.5 Å². The second-order valence-electron chi connectivity index (χ2n) is 7.32. The zero-order valence-corrected chi connectivity index (χ0v) is 16.2. The Balaban J connectivity index is 3.84. The second-order valence-corrected chi connectivity index (χ2v) is 7.32. The van der Waals surface area contributed by atoms with Gasteiger partial charge in [-0.1, -0.05) is 104 Å². The molecule has 144 valence electrons. The maximum Gasteiger partial charge on any atom is 0.338 e. The van der Waals surface area contributed by atoms with Crippen LogP contribution in [-0.4, -0.2) is 17.2 Å². The molecule has 0 spiro atoms. The lowest BCUT2D eigenvalue weighted by Gasteiger charge is -2.18. The molecule has 0 aromatic carbocycles. The largest absolute Gasteiger partial charge is 0.479 e. The minimum absolute atomic E-state index is 0.284. The molecule has 0 amide bonds. The normalized spacial score (nSPS) is 12.7.